The van der Waals surface area contributed by atoms with Gasteiger partial charge in [-0.1, -0.05) is 37.8 Å². The first-order chi connectivity index (χ1) is 12.5. The van der Waals surface area contributed by atoms with Crippen LogP contribution in [0.15, 0.2) is 36.9 Å². The largest absolute Gasteiger partial charge is 0.489 e. The number of rotatable bonds is 10. The number of benzene rings is 1. The molecule has 1 aliphatic rings. The average molecular weight is 361 g/mol. The molecule has 0 unspecified atom stereocenters. The zero-order chi connectivity index (χ0) is 18.9. The summed E-state index contributed by atoms with van der Waals surface area (Å²) in [7, 11) is 0. The molecule has 1 fully saturated rings. The smallest absolute Gasteiger partial charge is 0.317 e. The van der Waals surface area contributed by atoms with Crippen molar-refractivity contribution in [1.29, 1.82) is 0 Å². The standard InChI is InChI=1S/C19H27N3O4/c1-3-9-26-17-8-6-5-7-14(17)12-20-19(25)21-15-10-16(11-15)22(4-2)13-18(23)24/h3,5-8,15-16H,1,4,9-13H2,2H3,(H,23,24)(H2,20,21,25). The third-order valence-electron chi connectivity index (χ3n) is 4.48. The molecule has 1 aromatic rings. The minimum Gasteiger partial charge on any atom is -0.489 e. The number of likely N-dealkylation sites (N-methyl/N-ethyl adjacent to an activating group) is 1. The van der Waals surface area contributed by atoms with E-state index in [9.17, 15) is 9.59 Å². The Morgan fingerprint density at radius 2 is 2.12 bits per heavy atom. The number of carboxylic acid groups (broad SMARTS) is 1. The molecule has 7 heteroatoms. The number of nitrogens with one attached hydrogen (secondary N) is 2. The molecule has 0 spiro atoms. The summed E-state index contributed by atoms with van der Waals surface area (Å²) in [5, 5.41) is 14.7. The number of urea groups is 1. The van der Waals surface area contributed by atoms with Crippen molar-refractivity contribution >= 4 is 12.0 Å². The Morgan fingerprint density at radius 3 is 2.77 bits per heavy atom. The summed E-state index contributed by atoms with van der Waals surface area (Å²) >= 11 is 0. The van der Waals surface area contributed by atoms with Gasteiger partial charge in [0, 0.05) is 24.2 Å². The van der Waals surface area contributed by atoms with Gasteiger partial charge in [-0.05, 0) is 25.5 Å². The predicted octanol–water partition coefficient (Wildman–Crippen LogP) is 1.99. The highest BCUT2D eigenvalue weighted by Gasteiger charge is 2.34. The second kappa shape index (κ2) is 9.82. The van der Waals surface area contributed by atoms with Gasteiger partial charge >= 0.3 is 12.0 Å². The second-order valence-corrected chi connectivity index (χ2v) is 6.31. The lowest BCUT2D eigenvalue weighted by atomic mass is 9.85. The van der Waals surface area contributed by atoms with E-state index in [0.29, 0.717) is 19.7 Å². The SMILES string of the molecule is C=CCOc1ccccc1CNC(=O)NC1CC(N(CC)CC(=O)O)C1. The maximum Gasteiger partial charge on any atom is 0.317 e. The maximum atomic E-state index is 12.1. The molecule has 3 N–H and O–H groups in total. The third-order valence-corrected chi connectivity index (χ3v) is 4.48. The van der Waals surface area contributed by atoms with Gasteiger partial charge in [0.25, 0.3) is 0 Å². The van der Waals surface area contributed by atoms with Gasteiger partial charge in [-0.15, -0.1) is 0 Å². The first-order valence-electron chi connectivity index (χ1n) is 8.85. The fourth-order valence-corrected chi connectivity index (χ4v) is 3.03. The van der Waals surface area contributed by atoms with Gasteiger partial charge in [0.15, 0.2) is 0 Å². The summed E-state index contributed by atoms with van der Waals surface area (Å²) < 4.78 is 5.57. The van der Waals surface area contributed by atoms with Crippen LogP contribution in [0.1, 0.15) is 25.3 Å². The van der Waals surface area contributed by atoms with Gasteiger partial charge < -0.3 is 20.5 Å². The molecule has 142 valence electrons. The number of carboxylic acids is 1. The molecule has 26 heavy (non-hydrogen) atoms. The highest BCUT2D eigenvalue weighted by Crippen LogP contribution is 2.25. The number of ether oxygens (including phenoxy) is 1. The number of carbonyl (C=O) groups is 2. The highest BCUT2D eigenvalue weighted by atomic mass is 16.5. The van der Waals surface area contributed by atoms with Crippen LogP contribution in [-0.4, -0.2) is 53.8 Å². The molecule has 0 heterocycles. The van der Waals surface area contributed by atoms with Gasteiger partial charge in [0.05, 0.1) is 6.54 Å². The Hall–Kier alpha value is -2.54. The van der Waals surface area contributed by atoms with Crippen LogP contribution < -0.4 is 15.4 Å². The van der Waals surface area contributed by atoms with Gasteiger partial charge in [-0.25, -0.2) is 4.79 Å². The fraction of sp³-hybridized carbons (Fsp3) is 0.474. The van der Waals surface area contributed by atoms with Crippen molar-refractivity contribution < 1.29 is 19.4 Å². The minimum absolute atomic E-state index is 0.0432. The van der Waals surface area contributed by atoms with Crippen molar-refractivity contribution in [2.45, 2.75) is 38.4 Å². The van der Waals surface area contributed by atoms with E-state index in [0.717, 1.165) is 24.2 Å². The lowest BCUT2D eigenvalue weighted by molar-refractivity contribution is -0.139. The van der Waals surface area contributed by atoms with E-state index in [2.05, 4.69) is 17.2 Å². The van der Waals surface area contributed by atoms with Crippen LogP contribution in [0.5, 0.6) is 5.75 Å². The number of carbonyl (C=O) groups excluding carboxylic acids is 1. The lowest BCUT2D eigenvalue weighted by Gasteiger charge is -2.42. The zero-order valence-corrected chi connectivity index (χ0v) is 15.1. The highest BCUT2D eigenvalue weighted by molar-refractivity contribution is 5.74. The predicted molar refractivity (Wildman–Crippen MR) is 99.2 cm³/mol. The lowest BCUT2D eigenvalue weighted by Crippen LogP contribution is -2.56. The minimum atomic E-state index is -0.821. The molecule has 0 radical (unpaired) electrons. The van der Waals surface area contributed by atoms with E-state index >= 15 is 0 Å². The second-order valence-electron chi connectivity index (χ2n) is 6.31. The number of para-hydroxylation sites is 1. The Bertz CT molecular complexity index is 629. The summed E-state index contributed by atoms with van der Waals surface area (Å²) in [6.45, 7) is 7.09. The molecule has 0 atom stereocenters. The molecular weight excluding hydrogens is 334 g/mol. The molecule has 2 rings (SSSR count). The van der Waals surface area contributed by atoms with Crippen LogP contribution in [-0.2, 0) is 11.3 Å². The van der Waals surface area contributed by atoms with Crippen LogP contribution in [0.4, 0.5) is 4.79 Å². The van der Waals surface area contributed by atoms with Gasteiger partial charge in [0.2, 0.25) is 0 Å². The quantitative estimate of drug-likeness (QED) is 0.555. The summed E-state index contributed by atoms with van der Waals surface area (Å²) in [5.74, 6) is -0.0954. The average Bonchev–Trinajstić information content (AvgIpc) is 2.59. The van der Waals surface area contributed by atoms with Gasteiger partial charge in [-0.3, -0.25) is 9.69 Å². The molecule has 1 aromatic carbocycles. The third kappa shape index (κ3) is 5.77. The van der Waals surface area contributed by atoms with Crippen molar-refractivity contribution in [2.24, 2.45) is 0 Å². The molecule has 0 bridgehead atoms. The number of hydrogen-bond donors (Lipinski definition) is 3. The topological polar surface area (TPSA) is 90.9 Å². The molecular formula is C19H27N3O4. The number of hydrogen-bond acceptors (Lipinski definition) is 4. The molecule has 2 amide bonds. The Kier molecular flexibility index (Phi) is 7.47. The molecule has 7 nitrogen and oxygen atoms in total. The summed E-state index contributed by atoms with van der Waals surface area (Å²) in [6, 6.07) is 7.61. The molecule has 0 aromatic heterocycles. The zero-order valence-electron chi connectivity index (χ0n) is 15.1. The van der Waals surface area contributed by atoms with Crippen LogP contribution in [0.2, 0.25) is 0 Å². The van der Waals surface area contributed by atoms with E-state index < -0.39 is 5.97 Å². The van der Waals surface area contributed by atoms with Crippen LogP contribution in [0.25, 0.3) is 0 Å². The maximum absolute atomic E-state index is 12.1. The van der Waals surface area contributed by atoms with Crippen molar-refractivity contribution in [1.82, 2.24) is 15.5 Å². The number of nitrogens with zero attached hydrogens (tertiary/aromatic N) is 1. The Morgan fingerprint density at radius 1 is 1.38 bits per heavy atom. The molecule has 1 saturated carbocycles. The molecule has 1 aliphatic carbocycles. The van der Waals surface area contributed by atoms with E-state index in [4.69, 9.17) is 9.84 Å². The van der Waals surface area contributed by atoms with Crippen molar-refractivity contribution in [2.75, 3.05) is 19.7 Å². The monoisotopic (exact) mass is 361 g/mol. The van der Waals surface area contributed by atoms with Gasteiger partial charge in [-0.2, -0.15) is 0 Å². The van der Waals surface area contributed by atoms with E-state index in [-0.39, 0.29) is 24.7 Å². The normalized spacial score (nSPS) is 18.7. The van der Waals surface area contributed by atoms with Crippen LogP contribution in [0.3, 0.4) is 0 Å². The Labute approximate surface area is 154 Å². The first kappa shape index (κ1) is 19.8. The van der Waals surface area contributed by atoms with E-state index in [1.165, 1.54) is 0 Å². The summed E-state index contributed by atoms with van der Waals surface area (Å²) in [6.07, 6.45) is 3.22. The van der Waals surface area contributed by atoms with E-state index in [1.807, 2.05) is 36.1 Å². The van der Waals surface area contributed by atoms with E-state index in [1.54, 1.807) is 6.08 Å². The molecule has 0 saturated heterocycles. The van der Waals surface area contributed by atoms with Gasteiger partial charge in [0.1, 0.15) is 12.4 Å². The van der Waals surface area contributed by atoms with Crippen LogP contribution >= 0.6 is 0 Å². The van der Waals surface area contributed by atoms with Crippen LogP contribution in [0, 0.1) is 0 Å². The number of aliphatic carboxylic acids is 1. The summed E-state index contributed by atoms with van der Waals surface area (Å²) in [5.41, 5.74) is 0.898. The molecule has 0 aliphatic heterocycles. The fourth-order valence-electron chi connectivity index (χ4n) is 3.03. The van der Waals surface area contributed by atoms with Crippen molar-refractivity contribution in [3.63, 3.8) is 0 Å². The summed E-state index contributed by atoms with van der Waals surface area (Å²) in [4.78, 5) is 24.9. The number of amides is 2. The first-order valence-corrected chi connectivity index (χ1v) is 8.85. The Balaban J connectivity index is 1.74. The van der Waals surface area contributed by atoms with Crippen molar-refractivity contribution in [3.05, 3.63) is 42.5 Å². The van der Waals surface area contributed by atoms with Crippen molar-refractivity contribution in [3.8, 4) is 5.75 Å².